The third kappa shape index (κ3) is 3.72. The molecule has 4 rings (SSSR count). The first-order valence-corrected chi connectivity index (χ1v) is 10.9. The molecule has 144 valence electrons. The van der Waals surface area contributed by atoms with E-state index in [0.717, 1.165) is 31.0 Å². The molecule has 0 bridgehead atoms. The molecule has 7 nitrogen and oxygen atoms in total. The number of furan rings is 1. The molecule has 1 amide bonds. The van der Waals surface area contributed by atoms with Crippen LogP contribution in [0.2, 0.25) is 0 Å². The number of benzene rings is 1. The zero-order valence-corrected chi connectivity index (χ0v) is 16.1. The van der Waals surface area contributed by atoms with Gasteiger partial charge < -0.3 is 9.32 Å². The van der Waals surface area contributed by atoms with Crippen molar-refractivity contribution in [3.05, 3.63) is 53.5 Å². The van der Waals surface area contributed by atoms with Crippen molar-refractivity contribution in [2.24, 2.45) is 0 Å². The van der Waals surface area contributed by atoms with Gasteiger partial charge in [0.2, 0.25) is 10.0 Å². The van der Waals surface area contributed by atoms with Gasteiger partial charge in [-0.2, -0.15) is 0 Å². The van der Waals surface area contributed by atoms with Crippen LogP contribution in [0.4, 0.5) is 5.69 Å². The minimum absolute atomic E-state index is 0.00764. The lowest BCUT2D eigenvalue weighted by Crippen LogP contribution is -2.48. The largest absolute Gasteiger partial charge is 0.468 e. The van der Waals surface area contributed by atoms with Gasteiger partial charge in [0.25, 0.3) is 5.91 Å². The Morgan fingerprint density at radius 1 is 1.11 bits per heavy atom. The molecule has 1 aromatic carbocycles. The average molecular weight is 389 g/mol. The number of piperazine rings is 1. The lowest BCUT2D eigenvalue weighted by Gasteiger charge is -2.34. The number of fused-ring (bicyclic) bond motifs is 1. The van der Waals surface area contributed by atoms with Crippen LogP contribution in [-0.2, 0) is 23.0 Å². The maximum Gasteiger partial charge on any atom is 0.253 e. The molecule has 0 saturated carbocycles. The topological polar surface area (TPSA) is 74.1 Å². The molecule has 0 radical (unpaired) electrons. The highest BCUT2D eigenvalue weighted by molar-refractivity contribution is 7.92. The van der Waals surface area contributed by atoms with Crippen LogP contribution in [0.3, 0.4) is 0 Å². The van der Waals surface area contributed by atoms with Crippen LogP contribution in [0.1, 0.15) is 21.7 Å². The molecule has 0 spiro atoms. The van der Waals surface area contributed by atoms with Crippen molar-refractivity contribution in [1.29, 1.82) is 0 Å². The molecule has 27 heavy (non-hydrogen) atoms. The second-order valence-electron chi connectivity index (χ2n) is 7.08. The summed E-state index contributed by atoms with van der Waals surface area (Å²) < 4.78 is 30.5. The van der Waals surface area contributed by atoms with Gasteiger partial charge in [0.05, 0.1) is 24.8 Å². The summed E-state index contributed by atoms with van der Waals surface area (Å²) in [4.78, 5) is 17.0. The van der Waals surface area contributed by atoms with Crippen LogP contribution in [0.15, 0.2) is 41.0 Å². The van der Waals surface area contributed by atoms with Gasteiger partial charge in [-0.05, 0) is 42.3 Å². The Labute approximate surface area is 159 Å². The Morgan fingerprint density at radius 2 is 1.89 bits per heavy atom. The summed E-state index contributed by atoms with van der Waals surface area (Å²) in [5.74, 6) is 0.942. The van der Waals surface area contributed by atoms with E-state index in [9.17, 15) is 13.2 Å². The van der Waals surface area contributed by atoms with E-state index in [1.165, 1.54) is 10.6 Å². The third-order valence-corrected chi connectivity index (χ3v) is 6.38. The number of amides is 1. The van der Waals surface area contributed by atoms with Gasteiger partial charge in [0, 0.05) is 38.3 Å². The number of anilines is 1. The highest BCUT2D eigenvalue weighted by atomic mass is 32.2. The molecular weight excluding hydrogens is 366 g/mol. The Kier molecular flexibility index (Phi) is 4.69. The van der Waals surface area contributed by atoms with Gasteiger partial charge in [-0.3, -0.25) is 14.0 Å². The molecule has 3 heterocycles. The molecular formula is C19H23N3O4S. The van der Waals surface area contributed by atoms with Crippen LogP contribution in [-0.4, -0.2) is 63.1 Å². The van der Waals surface area contributed by atoms with E-state index in [4.69, 9.17) is 4.42 Å². The summed E-state index contributed by atoms with van der Waals surface area (Å²) >= 11 is 0. The third-order valence-electron chi connectivity index (χ3n) is 5.20. The number of nitrogens with zero attached hydrogens (tertiary/aromatic N) is 3. The minimum Gasteiger partial charge on any atom is -0.468 e. The quantitative estimate of drug-likeness (QED) is 0.793. The van der Waals surface area contributed by atoms with Crippen LogP contribution < -0.4 is 4.31 Å². The second-order valence-corrected chi connectivity index (χ2v) is 8.98. The van der Waals surface area contributed by atoms with Gasteiger partial charge in [-0.25, -0.2) is 8.42 Å². The van der Waals surface area contributed by atoms with Crippen LogP contribution >= 0.6 is 0 Å². The van der Waals surface area contributed by atoms with Gasteiger partial charge in [-0.1, -0.05) is 0 Å². The fraction of sp³-hybridized carbons (Fsp3) is 0.421. The van der Waals surface area contributed by atoms with Crippen molar-refractivity contribution in [3.8, 4) is 0 Å². The molecule has 8 heteroatoms. The summed E-state index contributed by atoms with van der Waals surface area (Å²) in [5.41, 5.74) is 2.24. The summed E-state index contributed by atoms with van der Waals surface area (Å²) in [6.45, 7) is 4.16. The first-order valence-electron chi connectivity index (χ1n) is 9.06. The van der Waals surface area contributed by atoms with Gasteiger partial charge in [0.15, 0.2) is 0 Å². The number of hydrogen-bond acceptors (Lipinski definition) is 5. The maximum atomic E-state index is 12.9. The molecule has 1 saturated heterocycles. The van der Waals surface area contributed by atoms with Crippen molar-refractivity contribution in [3.63, 3.8) is 0 Å². The van der Waals surface area contributed by atoms with Crippen molar-refractivity contribution >= 4 is 21.6 Å². The lowest BCUT2D eigenvalue weighted by atomic mass is 10.1. The van der Waals surface area contributed by atoms with Gasteiger partial charge in [-0.15, -0.1) is 0 Å². The Bertz CT molecular complexity index is 932. The number of hydrogen-bond donors (Lipinski definition) is 0. The van der Waals surface area contributed by atoms with E-state index in [-0.39, 0.29) is 5.91 Å². The number of carbonyl (C=O) groups excluding carboxylic acids is 1. The standard InChI is InChI=1S/C19H23N3O4S/c1-27(24,25)22-7-6-15-13-16(4-5-18(15)22)19(23)21-10-8-20(9-11-21)14-17-3-2-12-26-17/h2-5,12-13H,6-11,14H2,1H3. The minimum atomic E-state index is -3.27. The molecule has 0 atom stereocenters. The Hall–Kier alpha value is -2.32. The SMILES string of the molecule is CS(=O)(=O)N1CCc2cc(C(=O)N3CCN(Cc4ccco4)CC3)ccc21. The second kappa shape index (κ2) is 7.01. The fourth-order valence-electron chi connectivity index (χ4n) is 3.76. The molecule has 2 aliphatic rings. The molecule has 2 aliphatic heterocycles. The Morgan fingerprint density at radius 3 is 2.56 bits per heavy atom. The lowest BCUT2D eigenvalue weighted by molar-refractivity contribution is 0.0620. The van der Waals surface area contributed by atoms with Gasteiger partial charge >= 0.3 is 0 Å². The predicted octanol–water partition coefficient (Wildman–Crippen LogP) is 1.56. The summed E-state index contributed by atoms with van der Waals surface area (Å²) in [6, 6.07) is 9.18. The zero-order chi connectivity index (χ0) is 19.0. The van der Waals surface area contributed by atoms with E-state index in [0.29, 0.717) is 37.3 Å². The van der Waals surface area contributed by atoms with Gasteiger partial charge in [0.1, 0.15) is 5.76 Å². The number of sulfonamides is 1. The van der Waals surface area contributed by atoms with E-state index >= 15 is 0 Å². The van der Waals surface area contributed by atoms with Crippen molar-refractivity contribution in [2.45, 2.75) is 13.0 Å². The first kappa shape index (κ1) is 18.1. The highest BCUT2D eigenvalue weighted by Gasteiger charge is 2.28. The number of rotatable bonds is 4. The van der Waals surface area contributed by atoms with Crippen molar-refractivity contribution < 1.29 is 17.6 Å². The molecule has 0 N–H and O–H groups in total. The van der Waals surface area contributed by atoms with E-state index in [1.54, 1.807) is 18.4 Å². The van der Waals surface area contributed by atoms with Crippen LogP contribution in [0, 0.1) is 0 Å². The monoisotopic (exact) mass is 389 g/mol. The van der Waals surface area contributed by atoms with E-state index in [1.807, 2.05) is 23.1 Å². The summed E-state index contributed by atoms with van der Waals surface area (Å²) in [7, 11) is -3.27. The zero-order valence-electron chi connectivity index (χ0n) is 15.3. The highest BCUT2D eigenvalue weighted by Crippen LogP contribution is 2.31. The molecule has 0 aliphatic carbocycles. The van der Waals surface area contributed by atoms with Crippen molar-refractivity contribution in [1.82, 2.24) is 9.80 Å². The molecule has 2 aromatic rings. The first-order chi connectivity index (χ1) is 12.9. The average Bonchev–Trinajstić information content (AvgIpc) is 3.30. The molecule has 1 aromatic heterocycles. The fourth-order valence-corrected chi connectivity index (χ4v) is 4.72. The summed E-state index contributed by atoms with van der Waals surface area (Å²) in [5, 5.41) is 0. The van der Waals surface area contributed by atoms with E-state index in [2.05, 4.69) is 4.90 Å². The predicted molar refractivity (Wildman–Crippen MR) is 102 cm³/mol. The Balaban J connectivity index is 1.41. The summed E-state index contributed by atoms with van der Waals surface area (Å²) in [6.07, 6.45) is 3.53. The molecule has 0 unspecified atom stereocenters. The van der Waals surface area contributed by atoms with Crippen LogP contribution in [0.5, 0.6) is 0 Å². The van der Waals surface area contributed by atoms with Crippen LogP contribution in [0.25, 0.3) is 0 Å². The maximum absolute atomic E-state index is 12.9. The molecule has 1 fully saturated rings. The van der Waals surface area contributed by atoms with E-state index < -0.39 is 10.0 Å². The smallest absolute Gasteiger partial charge is 0.253 e. The normalized spacial score (nSPS) is 18.0. The number of carbonyl (C=O) groups is 1. The van der Waals surface area contributed by atoms with Crippen molar-refractivity contribution in [2.75, 3.05) is 43.3 Å².